The summed E-state index contributed by atoms with van der Waals surface area (Å²) in [6, 6.07) is 18.2. The van der Waals surface area contributed by atoms with Crippen LogP contribution in [0.2, 0.25) is 0 Å². The topological polar surface area (TPSA) is 87.7 Å². The predicted molar refractivity (Wildman–Crippen MR) is 122 cm³/mol. The Bertz CT molecular complexity index is 1170. The van der Waals surface area contributed by atoms with Crippen molar-refractivity contribution in [3.63, 3.8) is 0 Å². The van der Waals surface area contributed by atoms with Gasteiger partial charge in [-0.15, -0.1) is 0 Å². The second kappa shape index (κ2) is 10.3. The molecule has 0 saturated carbocycles. The summed E-state index contributed by atoms with van der Waals surface area (Å²) in [5, 5.41) is 2.75. The summed E-state index contributed by atoms with van der Waals surface area (Å²) >= 11 is 0. The van der Waals surface area contributed by atoms with E-state index in [0.29, 0.717) is 17.1 Å². The minimum absolute atomic E-state index is 0.0204. The van der Waals surface area contributed by atoms with Crippen molar-refractivity contribution in [3.8, 4) is 5.75 Å². The molecule has 0 unspecified atom stereocenters. The molecule has 2 N–H and O–H groups in total. The maximum atomic E-state index is 13.4. The number of nitrogens with zero attached hydrogens (tertiary/aromatic N) is 1. The van der Waals surface area contributed by atoms with Crippen molar-refractivity contribution >= 4 is 27.4 Å². The number of ether oxygens (including phenoxy) is 1. The monoisotopic (exact) mass is 457 g/mol. The molecule has 168 valence electrons. The highest BCUT2D eigenvalue weighted by Gasteiger charge is 2.19. The molecule has 3 aromatic carbocycles. The number of carbonyl (C=O) groups is 1. The minimum Gasteiger partial charge on any atom is -0.497 e. The molecule has 0 radical (unpaired) electrons. The Morgan fingerprint density at radius 1 is 1.03 bits per heavy atom. The van der Waals surface area contributed by atoms with Gasteiger partial charge in [-0.1, -0.05) is 23.8 Å². The zero-order chi connectivity index (χ0) is 23.1. The van der Waals surface area contributed by atoms with Gasteiger partial charge in [0.05, 0.1) is 12.0 Å². The molecule has 0 heterocycles. The highest BCUT2D eigenvalue weighted by molar-refractivity contribution is 7.89. The first-order chi connectivity index (χ1) is 15.3. The third-order valence-corrected chi connectivity index (χ3v) is 6.14. The highest BCUT2D eigenvalue weighted by atomic mass is 32.2. The molecule has 2 amide bonds. The van der Waals surface area contributed by atoms with Gasteiger partial charge >= 0.3 is 6.03 Å². The summed E-state index contributed by atoms with van der Waals surface area (Å²) in [6.07, 6.45) is 0. The van der Waals surface area contributed by atoms with Crippen LogP contribution in [0.4, 0.5) is 20.6 Å². The predicted octanol–water partition coefficient (Wildman–Crippen LogP) is 4.16. The van der Waals surface area contributed by atoms with Crippen molar-refractivity contribution in [3.05, 3.63) is 84.2 Å². The summed E-state index contributed by atoms with van der Waals surface area (Å²) in [6.45, 7) is 1.84. The van der Waals surface area contributed by atoms with E-state index in [4.69, 9.17) is 4.74 Å². The summed E-state index contributed by atoms with van der Waals surface area (Å²) in [7, 11) is -2.22. The Kier molecular flexibility index (Phi) is 7.45. The number of hydrogen-bond acceptors (Lipinski definition) is 4. The summed E-state index contributed by atoms with van der Waals surface area (Å²) in [4.78, 5) is 14.4. The van der Waals surface area contributed by atoms with Crippen molar-refractivity contribution < 1.29 is 22.3 Å². The lowest BCUT2D eigenvalue weighted by atomic mass is 10.2. The van der Waals surface area contributed by atoms with Crippen LogP contribution in [0.5, 0.6) is 5.75 Å². The minimum atomic E-state index is -3.74. The first kappa shape index (κ1) is 23.2. The Balaban J connectivity index is 1.74. The van der Waals surface area contributed by atoms with E-state index in [1.165, 1.54) is 48.4 Å². The van der Waals surface area contributed by atoms with Gasteiger partial charge in [0.2, 0.25) is 10.0 Å². The molecule has 0 spiro atoms. The van der Waals surface area contributed by atoms with Crippen LogP contribution in [0, 0.1) is 12.7 Å². The SMILES string of the molecule is COc1cccc(NC(=O)N(CCNS(=O)(=O)c2ccc(C)cc2)c2ccc(F)cc2)c1. The highest BCUT2D eigenvalue weighted by Crippen LogP contribution is 2.20. The normalized spacial score (nSPS) is 11.1. The molecule has 0 saturated heterocycles. The van der Waals surface area contributed by atoms with Crippen molar-refractivity contribution in [2.24, 2.45) is 0 Å². The Morgan fingerprint density at radius 2 is 1.72 bits per heavy atom. The van der Waals surface area contributed by atoms with Gasteiger partial charge in [-0.2, -0.15) is 0 Å². The second-order valence-electron chi connectivity index (χ2n) is 7.00. The fourth-order valence-corrected chi connectivity index (χ4v) is 3.97. The molecule has 32 heavy (non-hydrogen) atoms. The Labute approximate surface area is 186 Å². The molecule has 0 aliphatic carbocycles. The first-order valence-corrected chi connectivity index (χ1v) is 11.3. The van der Waals surface area contributed by atoms with E-state index in [1.54, 1.807) is 36.4 Å². The van der Waals surface area contributed by atoms with Crippen LogP contribution in [-0.4, -0.2) is 34.6 Å². The summed E-state index contributed by atoms with van der Waals surface area (Å²) in [5.41, 5.74) is 1.86. The van der Waals surface area contributed by atoms with Gasteiger partial charge in [0.25, 0.3) is 0 Å². The number of aryl methyl sites for hydroxylation is 1. The molecule has 9 heteroatoms. The smallest absolute Gasteiger partial charge is 0.326 e. The zero-order valence-corrected chi connectivity index (χ0v) is 18.5. The molecule has 0 bridgehead atoms. The fraction of sp³-hybridized carbons (Fsp3) is 0.174. The van der Waals surface area contributed by atoms with Gasteiger partial charge in [0, 0.05) is 30.5 Å². The molecule has 0 aliphatic rings. The van der Waals surface area contributed by atoms with E-state index in [2.05, 4.69) is 10.0 Å². The summed E-state index contributed by atoms with van der Waals surface area (Å²) in [5.74, 6) is 0.129. The van der Waals surface area contributed by atoms with E-state index in [9.17, 15) is 17.6 Å². The van der Waals surface area contributed by atoms with Crippen LogP contribution < -0.4 is 19.7 Å². The van der Waals surface area contributed by atoms with Gasteiger partial charge < -0.3 is 10.1 Å². The van der Waals surface area contributed by atoms with Crippen molar-refractivity contribution in [1.82, 2.24) is 4.72 Å². The van der Waals surface area contributed by atoms with Crippen LogP contribution in [-0.2, 0) is 10.0 Å². The molecule has 0 fully saturated rings. The number of amides is 2. The maximum Gasteiger partial charge on any atom is 0.326 e. The van der Waals surface area contributed by atoms with E-state index >= 15 is 0 Å². The molecule has 7 nitrogen and oxygen atoms in total. The third-order valence-electron chi connectivity index (χ3n) is 4.66. The number of hydrogen-bond donors (Lipinski definition) is 2. The van der Waals surface area contributed by atoms with Gasteiger partial charge in [0.1, 0.15) is 11.6 Å². The number of rotatable bonds is 8. The number of anilines is 2. The van der Waals surface area contributed by atoms with Crippen molar-refractivity contribution in [1.29, 1.82) is 0 Å². The molecule has 0 aromatic heterocycles. The van der Waals surface area contributed by atoms with E-state index in [-0.39, 0.29) is 18.0 Å². The molecular formula is C23H24FN3O4S. The number of halogens is 1. The number of urea groups is 1. The van der Waals surface area contributed by atoms with Gasteiger partial charge in [0.15, 0.2) is 0 Å². The number of benzene rings is 3. The number of methoxy groups -OCH3 is 1. The van der Waals surface area contributed by atoms with Crippen LogP contribution >= 0.6 is 0 Å². The molecule has 3 rings (SSSR count). The number of nitrogens with one attached hydrogen (secondary N) is 2. The zero-order valence-electron chi connectivity index (χ0n) is 17.7. The lowest BCUT2D eigenvalue weighted by Crippen LogP contribution is -2.41. The third kappa shape index (κ3) is 6.05. The molecule has 0 aliphatic heterocycles. The van der Waals surface area contributed by atoms with Gasteiger partial charge in [-0.05, 0) is 55.5 Å². The lowest BCUT2D eigenvalue weighted by molar-refractivity contribution is 0.257. The average molecular weight is 458 g/mol. The Hall–Kier alpha value is -3.43. The molecule has 0 atom stereocenters. The molecule has 3 aromatic rings. The van der Waals surface area contributed by atoms with Crippen LogP contribution in [0.15, 0.2) is 77.7 Å². The summed E-state index contributed by atoms with van der Waals surface area (Å²) < 4.78 is 46.1. The second-order valence-corrected chi connectivity index (χ2v) is 8.77. The maximum absolute atomic E-state index is 13.4. The quantitative estimate of drug-likeness (QED) is 0.532. The van der Waals surface area contributed by atoms with E-state index in [1.807, 2.05) is 6.92 Å². The number of carbonyl (C=O) groups excluding carboxylic acids is 1. The standard InChI is InChI=1S/C23H24FN3O4S/c1-17-6-12-22(13-7-17)32(29,30)25-14-15-27(20-10-8-18(24)9-11-20)23(28)26-19-4-3-5-21(16-19)31-2/h3-13,16,25H,14-15H2,1-2H3,(H,26,28). The van der Waals surface area contributed by atoms with E-state index < -0.39 is 21.9 Å². The fourth-order valence-electron chi connectivity index (χ4n) is 2.95. The van der Waals surface area contributed by atoms with Crippen LogP contribution in [0.25, 0.3) is 0 Å². The van der Waals surface area contributed by atoms with E-state index in [0.717, 1.165) is 5.56 Å². The first-order valence-electron chi connectivity index (χ1n) is 9.83. The van der Waals surface area contributed by atoms with Gasteiger partial charge in [-0.25, -0.2) is 22.3 Å². The van der Waals surface area contributed by atoms with Crippen LogP contribution in [0.3, 0.4) is 0 Å². The van der Waals surface area contributed by atoms with Crippen LogP contribution in [0.1, 0.15) is 5.56 Å². The molecular weight excluding hydrogens is 433 g/mol. The van der Waals surface area contributed by atoms with Crippen molar-refractivity contribution in [2.45, 2.75) is 11.8 Å². The average Bonchev–Trinajstić information content (AvgIpc) is 2.78. The van der Waals surface area contributed by atoms with Crippen molar-refractivity contribution in [2.75, 3.05) is 30.4 Å². The number of sulfonamides is 1. The largest absolute Gasteiger partial charge is 0.497 e. The van der Waals surface area contributed by atoms with Gasteiger partial charge in [-0.3, -0.25) is 4.90 Å². The lowest BCUT2D eigenvalue weighted by Gasteiger charge is -2.23. The Morgan fingerprint density at radius 3 is 2.38 bits per heavy atom.